The molecule has 0 aliphatic heterocycles. The zero-order valence-electron chi connectivity index (χ0n) is 11.7. The van der Waals surface area contributed by atoms with Gasteiger partial charge in [0.25, 0.3) is 0 Å². The summed E-state index contributed by atoms with van der Waals surface area (Å²) in [6, 6.07) is 14.9. The highest BCUT2D eigenvalue weighted by Gasteiger charge is 2.44. The highest BCUT2D eigenvalue weighted by Crippen LogP contribution is 2.47. The van der Waals surface area contributed by atoms with Crippen LogP contribution in [0.2, 0.25) is 0 Å². The van der Waals surface area contributed by atoms with E-state index in [-0.39, 0.29) is 11.2 Å². The van der Waals surface area contributed by atoms with Crippen molar-refractivity contribution in [3.63, 3.8) is 0 Å². The summed E-state index contributed by atoms with van der Waals surface area (Å²) >= 11 is 3.39. The van der Waals surface area contributed by atoms with Gasteiger partial charge in [0.1, 0.15) is 5.82 Å². The summed E-state index contributed by atoms with van der Waals surface area (Å²) in [6.07, 6.45) is 3.26. The van der Waals surface area contributed by atoms with E-state index in [1.165, 1.54) is 17.7 Å². The molecule has 2 aromatic rings. The molecule has 0 spiro atoms. The fraction of sp³-hybridized carbons (Fsp3) is 0.333. The van der Waals surface area contributed by atoms with Crippen molar-refractivity contribution in [2.45, 2.75) is 37.2 Å². The van der Waals surface area contributed by atoms with Crippen molar-refractivity contribution >= 4 is 15.9 Å². The van der Waals surface area contributed by atoms with Gasteiger partial charge in [-0.2, -0.15) is 0 Å². The lowest BCUT2D eigenvalue weighted by Gasteiger charge is -2.46. The van der Waals surface area contributed by atoms with Gasteiger partial charge in [0.2, 0.25) is 0 Å². The Hall–Kier alpha value is -1.19. The van der Waals surface area contributed by atoms with Crippen LogP contribution in [0.15, 0.2) is 53.0 Å². The van der Waals surface area contributed by atoms with Gasteiger partial charge >= 0.3 is 0 Å². The molecule has 0 aromatic heterocycles. The van der Waals surface area contributed by atoms with E-state index in [1.807, 2.05) is 18.2 Å². The average Bonchev–Trinajstić information content (AvgIpc) is 2.42. The topological polar surface area (TPSA) is 20.2 Å². The van der Waals surface area contributed by atoms with Gasteiger partial charge in [-0.05, 0) is 36.1 Å². The molecule has 3 heteroatoms. The average molecular weight is 349 g/mol. The molecule has 1 aliphatic rings. The van der Waals surface area contributed by atoms with Crippen LogP contribution in [-0.2, 0) is 11.8 Å². The Kier molecular flexibility index (Phi) is 4.14. The zero-order valence-corrected chi connectivity index (χ0v) is 13.3. The van der Waals surface area contributed by atoms with E-state index < -0.39 is 6.10 Å². The van der Waals surface area contributed by atoms with Crippen molar-refractivity contribution in [3.8, 4) is 0 Å². The summed E-state index contributed by atoms with van der Waals surface area (Å²) in [5, 5.41) is 10.8. The van der Waals surface area contributed by atoms with E-state index in [1.54, 1.807) is 6.07 Å². The molecule has 3 rings (SSSR count). The number of aliphatic hydroxyl groups excluding tert-OH is 1. The molecular formula is C18H18BrFO. The molecule has 1 nitrogen and oxygen atoms in total. The molecular weight excluding hydrogens is 331 g/mol. The Labute approximate surface area is 132 Å². The first-order chi connectivity index (χ1) is 10.1. The summed E-state index contributed by atoms with van der Waals surface area (Å²) < 4.78 is 13.9. The lowest BCUT2D eigenvalue weighted by atomic mass is 9.60. The summed E-state index contributed by atoms with van der Waals surface area (Å²) in [5.74, 6) is -0.262. The Balaban J connectivity index is 1.85. The number of benzene rings is 2. The molecule has 0 amide bonds. The number of rotatable bonds is 4. The van der Waals surface area contributed by atoms with Crippen molar-refractivity contribution in [1.29, 1.82) is 0 Å². The highest BCUT2D eigenvalue weighted by atomic mass is 79.9. The standard InChI is InChI=1S/C18H18BrFO/c19-16-12-15(20)8-7-13(16)11-17(21)18(9-4-10-18)14-5-2-1-3-6-14/h1-3,5-8,12,17,21H,4,9-11H2. The minimum Gasteiger partial charge on any atom is -0.392 e. The molecule has 1 N–H and O–H groups in total. The first-order valence-corrected chi connectivity index (χ1v) is 8.09. The van der Waals surface area contributed by atoms with Crippen LogP contribution in [0, 0.1) is 5.82 Å². The quantitative estimate of drug-likeness (QED) is 0.854. The second-order valence-corrected chi connectivity index (χ2v) is 6.69. The van der Waals surface area contributed by atoms with Gasteiger partial charge in [0.05, 0.1) is 6.10 Å². The van der Waals surface area contributed by atoms with Crippen molar-refractivity contribution in [1.82, 2.24) is 0 Å². The minimum absolute atomic E-state index is 0.144. The van der Waals surface area contributed by atoms with Gasteiger partial charge < -0.3 is 5.11 Å². The van der Waals surface area contributed by atoms with Crippen LogP contribution >= 0.6 is 15.9 Å². The van der Waals surface area contributed by atoms with Crippen molar-refractivity contribution in [2.75, 3.05) is 0 Å². The smallest absolute Gasteiger partial charge is 0.124 e. The van der Waals surface area contributed by atoms with Crippen LogP contribution in [0.25, 0.3) is 0 Å². The number of hydrogen-bond acceptors (Lipinski definition) is 1. The molecule has 0 heterocycles. The second kappa shape index (κ2) is 5.90. The Morgan fingerprint density at radius 1 is 1.14 bits per heavy atom. The van der Waals surface area contributed by atoms with Crippen LogP contribution in [0.3, 0.4) is 0 Å². The molecule has 1 aliphatic carbocycles. The summed E-state index contributed by atoms with van der Waals surface area (Å²) in [6.45, 7) is 0. The van der Waals surface area contributed by atoms with Gasteiger partial charge in [-0.25, -0.2) is 4.39 Å². The summed E-state index contributed by atoms with van der Waals surface area (Å²) in [4.78, 5) is 0. The van der Waals surface area contributed by atoms with Crippen molar-refractivity contribution in [2.24, 2.45) is 0 Å². The molecule has 1 fully saturated rings. The third kappa shape index (κ3) is 2.77. The summed E-state index contributed by atoms with van der Waals surface area (Å²) in [7, 11) is 0. The monoisotopic (exact) mass is 348 g/mol. The zero-order chi connectivity index (χ0) is 14.9. The van der Waals surface area contributed by atoms with E-state index in [2.05, 4.69) is 28.1 Å². The number of halogens is 2. The Morgan fingerprint density at radius 3 is 2.43 bits per heavy atom. The maximum absolute atomic E-state index is 13.2. The molecule has 0 saturated heterocycles. The fourth-order valence-electron chi connectivity index (χ4n) is 3.23. The molecule has 1 saturated carbocycles. The minimum atomic E-state index is -0.449. The molecule has 0 radical (unpaired) electrons. The predicted molar refractivity (Wildman–Crippen MR) is 85.8 cm³/mol. The van der Waals surface area contributed by atoms with E-state index in [0.29, 0.717) is 6.42 Å². The lowest BCUT2D eigenvalue weighted by Crippen LogP contribution is -2.46. The fourth-order valence-corrected chi connectivity index (χ4v) is 3.75. The Morgan fingerprint density at radius 2 is 1.86 bits per heavy atom. The lowest BCUT2D eigenvalue weighted by molar-refractivity contribution is 0.0285. The SMILES string of the molecule is OC(Cc1ccc(F)cc1Br)C1(c2ccccc2)CCC1. The summed E-state index contributed by atoms with van der Waals surface area (Å²) in [5.41, 5.74) is 2.02. The maximum atomic E-state index is 13.2. The maximum Gasteiger partial charge on any atom is 0.124 e. The van der Waals surface area contributed by atoms with Gasteiger partial charge in [0.15, 0.2) is 0 Å². The van der Waals surface area contributed by atoms with Gasteiger partial charge in [0, 0.05) is 16.3 Å². The van der Waals surface area contributed by atoms with Crippen LogP contribution in [0.4, 0.5) is 4.39 Å². The van der Waals surface area contributed by atoms with E-state index in [4.69, 9.17) is 0 Å². The van der Waals surface area contributed by atoms with E-state index in [9.17, 15) is 9.50 Å². The molecule has 1 unspecified atom stereocenters. The van der Waals surface area contributed by atoms with E-state index in [0.717, 1.165) is 29.3 Å². The van der Waals surface area contributed by atoms with Crippen molar-refractivity contribution in [3.05, 3.63) is 69.9 Å². The first-order valence-electron chi connectivity index (χ1n) is 7.29. The largest absolute Gasteiger partial charge is 0.392 e. The molecule has 1 atom stereocenters. The predicted octanol–water partition coefficient (Wildman–Crippen LogP) is 4.61. The third-order valence-electron chi connectivity index (χ3n) is 4.66. The van der Waals surface area contributed by atoms with Gasteiger partial charge in [-0.3, -0.25) is 0 Å². The molecule has 21 heavy (non-hydrogen) atoms. The number of aliphatic hydroxyl groups is 1. The number of hydrogen-bond donors (Lipinski definition) is 1. The van der Waals surface area contributed by atoms with Crippen LogP contribution in [0.5, 0.6) is 0 Å². The van der Waals surface area contributed by atoms with Crippen LogP contribution in [-0.4, -0.2) is 11.2 Å². The van der Waals surface area contributed by atoms with E-state index >= 15 is 0 Å². The molecule has 2 aromatic carbocycles. The Bertz CT molecular complexity index is 622. The second-order valence-electron chi connectivity index (χ2n) is 5.83. The van der Waals surface area contributed by atoms with Gasteiger partial charge in [-0.15, -0.1) is 0 Å². The van der Waals surface area contributed by atoms with Crippen LogP contribution < -0.4 is 0 Å². The molecule has 0 bridgehead atoms. The van der Waals surface area contributed by atoms with Gasteiger partial charge in [-0.1, -0.05) is 58.7 Å². The molecule has 110 valence electrons. The third-order valence-corrected chi connectivity index (χ3v) is 5.40. The first kappa shape index (κ1) is 14.7. The van der Waals surface area contributed by atoms with Crippen molar-refractivity contribution < 1.29 is 9.50 Å². The highest BCUT2D eigenvalue weighted by molar-refractivity contribution is 9.10. The normalized spacial score (nSPS) is 18.0. The van der Waals surface area contributed by atoms with Crippen LogP contribution in [0.1, 0.15) is 30.4 Å².